The van der Waals surface area contributed by atoms with Crippen LogP contribution < -0.4 is 5.32 Å². The molecule has 1 aliphatic rings. The number of aromatic nitrogens is 1. The largest absolute Gasteiger partial charge is 0.375 e. The molecule has 1 aliphatic heterocycles. The minimum atomic E-state index is 0.414. The predicted octanol–water partition coefficient (Wildman–Crippen LogP) is 4.12. The summed E-state index contributed by atoms with van der Waals surface area (Å²) in [7, 11) is 0. The maximum atomic E-state index is 3.58. The van der Waals surface area contributed by atoms with Crippen LogP contribution in [0.15, 0.2) is 41.0 Å². The number of fused-ring (bicyclic) bond motifs is 3. The monoisotopic (exact) mass is 276 g/mol. The van der Waals surface area contributed by atoms with Gasteiger partial charge in [0.25, 0.3) is 0 Å². The van der Waals surface area contributed by atoms with Crippen LogP contribution in [0, 0.1) is 0 Å². The van der Waals surface area contributed by atoms with Crippen LogP contribution in [0.2, 0.25) is 0 Å². The lowest BCUT2D eigenvalue weighted by molar-refractivity contribution is 0.686. The van der Waals surface area contributed by atoms with E-state index in [1.165, 1.54) is 17.1 Å². The highest BCUT2D eigenvalue weighted by atomic mass is 79.9. The Labute approximate surface area is 103 Å². The number of hydrogen-bond acceptors (Lipinski definition) is 1. The number of nitrogens with one attached hydrogen (secondary N) is 1. The lowest BCUT2D eigenvalue weighted by Gasteiger charge is -2.28. The number of halogens is 1. The van der Waals surface area contributed by atoms with Gasteiger partial charge in [-0.05, 0) is 36.8 Å². The summed E-state index contributed by atoms with van der Waals surface area (Å²) >= 11 is 3.51. The Morgan fingerprint density at radius 2 is 2.25 bits per heavy atom. The normalized spacial score (nSPS) is 17.5. The summed E-state index contributed by atoms with van der Waals surface area (Å²) in [5, 5.41) is 3.58. The molecule has 0 saturated heterocycles. The number of nitrogens with zero attached hydrogens (tertiary/aromatic N) is 1. The van der Waals surface area contributed by atoms with Crippen molar-refractivity contribution in [3.05, 3.63) is 46.7 Å². The van der Waals surface area contributed by atoms with Crippen LogP contribution >= 0.6 is 15.9 Å². The summed E-state index contributed by atoms with van der Waals surface area (Å²) in [6.07, 6.45) is 3.22. The first-order chi connectivity index (χ1) is 7.79. The third-order valence-electron chi connectivity index (χ3n) is 3.09. The Morgan fingerprint density at radius 3 is 3.06 bits per heavy atom. The van der Waals surface area contributed by atoms with Gasteiger partial charge in [0.2, 0.25) is 0 Å². The number of hydrogen-bond donors (Lipinski definition) is 1. The topological polar surface area (TPSA) is 17.0 Å². The van der Waals surface area contributed by atoms with Gasteiger partial charge in [-0.2, -0.15) is 0 Å². The minimum Gasteiger partial charge on any atom is -0.375 e. The van der Waals surface area contributed by atoms with Gasteiger partial charge >= 0.3 is 0 Å². The molecular formula is C13H13BrN2. The van der Waals surface area contributed by atoms with Crippen molar-refractivity contribution in [1.82, 2.24) is 4.57 Å². The molecule has 0 aliphatic carbocycles. The summed E-state index contributed by atoms with van der Waals surface area (Å²) in [5.41, 5.74) is 3.77. The van der Waals surface area contributed by atoms with E-state index in [9.17, 15) is 0 Å². The van der Waals surface area contributed by atoms with Crippen molar-refractivity contribution in [3.63, 3.8) is 0 Å². The van der Waals surface area contributed by atoms with Gasteiger partial charge in [-0.25, -0.2) is 0 Å². The average Bonchev–Trinajstić information content (AvgIpc) is 2.76. The van der Waals surface area contributed by atoms with Crippen molar-refractivity contribution in [3.8, 4) is 5.69 Å². The van der Waals surface area contributed by atoms with Crippen molar-refractivity contribution in [2.75, 3.05) is 5.32 Å². The van der Waals surface area contributed by atoms with E-state index in [1.807, 2.05) is 0 Å². The van der Waals surface area contributed by atoms with E-state index in [2.05, 4.69) is 69.3 Å². The summed E-state index contributed by atoms with van der Waals surface area (Å²) in [4.78, 5) is 0. The van der Waals surface area contributed by atoms with Crippen molar-refractivity contribution < 1.29 is 0 Å². The summed E-state index contributed by atoms with van der Waals surface area (Å²) in [6, 6.07) is 11.1. The van der Waals surface area contributed by atoms with Gasteiger partial charge in [-0.1, -0.05) is 22.9 Å². The van der Waals surface area contributed by atoms with E-state index in [0.717, 1.165) is 10.9 Å². The van der Waals surface area contributed by atoms with E-state index in [4.69, 9.17) is 0 Å². The molecule has 1 aromatic heterocycles. The van der Waals surface area contributed by atoms with Crippen LogP contribution in [0.1, 0.15) is 25.1 Å². The van der Waals surface area contributed by atoms with Crippen LogP contribution in [0.25, 0.3) is 5.69 Å². The molecule has 0 unspecified atom stereocenters. The maximum absolute atomic E-state index is 3.58. The number of anilines is 1. The van der Waals surface area contributed by atoms with E-state index in [-0.39, 0.29) is 0 Å². The zero-order chi connectivity index (χ0) is 11.1. The second-order valence-corrected chi connectivity index (χ2v) is 4.99. The molecule has 0 amide bonds. The fourth-order valence-electron chi connectivity index (χ4n) is 2.30. The first-order valence-electron chi connectivity index (χ1n) is 5.53. The van der Waals surface area contributed by atoms with Crippen LogP contribution in [0.4, 0.5) is 5.69 Å². The van der Waals surface area contributed by atoms with Gasteiger partial charge in [-0.15, -0.1) is 0 Å². The molecule has 3 rings (SSSR count). The number of rotatable bonds is 1. The predicted molar refractivity (Wildman–Crippen MR) is 70.1 cm³/mol. The maximum Gasteiger partial charge on any atom is 0.0686 e. The van der Waals surface area contributed by atoms with Crippen LogP contribution in [-0.2, 0) is 0 Å². The lowest BCUT2D eigenvalue weighted by Crippen LogP contribution is -2.20. The zero-order valence-corrected chi connectivity index (χ0v) is 10.7. The second kappa shape index (κ2) is 3.67. The standard InChI is InChI=1S/C13H13BrN2/c1-2-10-12-4-3-7-16(12)13-6-5-9(14)8-11(13)15-10/h3-8,10,15H,2H2,1H3/t10-/m0/s1. The Kier molecular flexibility index (Phi) is 2.28. The highest BCUT2D eigenvalue weighted by Crippen LogP contribution is 2.36. The van der Waals surface area contributed by atoms with Crippen molar-refractivity contribution >= 4 is 21.6 Å². The van der Waals surface area contributed by atoms with Crippen LogP contribution in [-0.4, -0.2) is 4.57 Å². The summed E-state index contributed by atoms with van der Waals surface area (Å²) < 4.78 is 3.39. The number of benzene rings is 1. The first-order valence-corrected chi connectivity index (χ1v) is 6.32. The van der Waals surface area contributed by atoms with Gasteiger partial charge in [0.05, 0.1) is 17.4 Å². The van der Waals surface area contributed by atoms with Gasteiger partial charge in [0.1, 0.15) is 0 Å². The Balaban J connectivity index is 2.21. The molecule has 0 fully saturated rings. The average molecular weight is 277 g/mol. The molecule has 3 heteroatoms. The van der Waals surface area contributed by atoms with Gasteiger partial charge < -0.3 is 9.88 Å². The molecular weight excluding hydrogens is 264 g/mol. The molecule has 2 nitrogen and oxygen atoms in total. The van der Waals surface area contributed by atoms with E-state index in [1.54, 1.807) is 0 Å². The van der Waals surface area contributed by atoms with E-state index < -0.39 is 0 Å². The van der Waals surface area contributed by atoms with Gasteiger partial charge in [0.15, 0.2) is 0 Å². The smallest absolute Gasteiger partial charge is 0.0686 e. The molecule has 1 aromatic carbocycles. The quantitative estimate of drug-likeness (QED) is 0.829. The molecule has 82 valence electrons. The summed E-state index contributed by atoms with van der Waals surface area (Å²) in [6.45, 7) is 2.21. The second-order valence-electron chi connectivity index (χ2n) is 4.07. The van der Waals surface area contributed by atoms with E-state index >= 15 is 0 Å². The molecule has 0 bridgehead atoms. The molecule has 0 saturated carbocycles. The SMILES string of the molecule is CC[C@@H]1Nc2cc(Br)ccc2-n2cccc21. The highest BCUT2D eigenvalue weighted by molar-refractivity contribution is 9.10. The van der Waals surface area contributed by atoms with Crippen molar-refractivity contribution in [1.29, 1.82) is 0 Å². The third-order valence-corrected chi connectivity index (χ3v) is 3.59. The molecule has 0 radical (unpaired) electrons. The molecule has 1 N–H and O–H groups in total. The highest BCUT2D eigenvalue weighted by Gasteiger charge is 2.21. The molecule has 16 heavy (non-hydrogen) atoms. The van der Waals surface area contributed by atoms with Crippen molar-refractivity contribution in [2.45, 2.75) is 19.4 Å². The Hall–Kier alpha value is -1.22. The first kappa shape index (κ1) is 9.97. The van der Waals surface area contributed by atoms with Crippen LogP contribution in [0.5, 0.6) is 0 Å². The minimum absolute atomic E-state index is 0.414. The molecule has 2 heterocycles. The molecule has 0 spiro atoms. The zero-order valence-electron chi connectivity index (χ0n) is 9.07. The fraction of sp³-hybridized carbons (Fsp3) is 0.231. The third kappa shape index (κ3) is 1.39. The van der Waals surface area contributed by atoms with Crippen molar-refractivity contribution in [2.24, 2.45) is 0 Å². The van der Waals surface area contributed by atoms with Gasteiger partial charge in [-0.3, -0.25) is 0 Å². The Bertz CT molecular complexity index is 530. The fourth-order valence-corrected chi connectivity index (χ4v) is 2.67. The van der Waals surface area contributed by atoms with Crippen LogP contribution in [0.3, 0.4) is 0 Å². The van der Waals surface area contributed by atoms with E-state index in [0.29, 0.717) is 6.04 Å². The molecule has 1 atom stereocenters. The Morgan fingerprint density at radius 1 is 1.38 bits per heavy atom. The summed E-state index contributed by atoms with van der Waals surface area (Å²) in [5.74, 6) is 0. The molecule has 2 aromatic rings. The van der Waals surface area contributed by atoms with Gasteiger partial charge in [0, 0.05) is 16.4 Å². The lowest BCUT2D eigenvalue weighted by atomic mass is 10.1.